The van der Waals surface area contributed by atoms with Crippen molar-refractivity contribution in [2.45, 2.75) is 146 Å². The summed E-state index contributed by atoms with van der Waals surface area (Å²) in [6.45, 7) is 17.4. The van der Waals surface area contributed by atoms with Crippen LogP contribution in [-0.2, 0) is 29.0 Å². The number of carbonyl (C=O) groups is 5. The van der Waals surface area contributed by atoms with Crippen LogP contribution in [0.4, 0.5) is 4.79 Å². The number of urea groups is 1. The molecule has 15 heteroatoms. The molecule has 4 atom stereocenters. The van der Waals surface area contributed by atoms with Gasteiger partial charge in [-0.2, -0.15) is 0 Å². The number of hydrogen-bond donors (Lipinski definition) is 4. The number of rotatable bonds is 15. The highest BCUT2D eigenvalue weighted by Gasteiger charge is 2.52. The van der Waals surface area contributed by atoms with E-state index in [0.29, 0.717) is 25.7 Å². The molecule has 50 heavy (non-hydrogen) atoms. The van der Waals surface area contributed by atoms with Gasteiger partial charge in [-0.15, -0.1) is 29.8 Å². The predicted octanol–water partition coefficient (Wildman–Crippen LogP) is 4.57. The molecular weight excluding hydrogens is 705 g/mol. The first-order valence-electron chi connectivity index (χ1n) is 17.6. The molecule has 0 radical (unpaired) electrons. The quantitative estimate of drug-likeness (QED) is 0.108. The number of Topliss-reactive ketones (excluding diaryl/α,β-unsaturated/α-hetero) is 1. The van der Waals surface area contributed by atoms with Crippen LogP contribution in [0.25, 0.3) is 0 Å². The number of ketones is 1. The summed E-state index contributed by atoms with van der Waals surface area (Å²) in [6, 6.07) is -4.19. The molecule has 5 amide bonds. The van der Waals surface area contributed by atoms with Crippen LogP contribution in [0.2, 0.25) is 0 Å². The second-order valence-electron chi connectivity index (χ2n) is 16.0. The van der Waals surface area contributed by atoms with E-state index in [1.54, 1.807) is 41.5 Å². The van der Waals surface area contributed by atoms with Crippen molar-refractivity contribution in [3.05, 3.63) is 12.7 Å². The minimum absolute atomic E-state index is 0.0745. The Morgan fingerprint density at radius 2 is 1.58 bits per heavy atom. The first-order valence-corrected chi connectivity index (χ1v) is 20.0. The van der Waals surface area contributed by atoms with Crippen molar-refractivity contribution in [3.8, 4) is 0 Å². The number of alkyl halides is 2. The van der Waals surface area contributed by atoms with Gasteiger partial charge in [-0.25, -0.2) is 13.2 Å². The van der Waals surface area contributed by atoms with E-state index in [4.69, 9.17) is 23.2 Å². The van der Waals surface area contributed by atoms with Crippen molar-refractivity contribution in [1.29, 1.82) is 0 Å². The van der Waals surface area contributed by atoms with E-state index < -0.39 is 83.5 Å². The molecule has 0 aromatic heterocycles. The molecule has 2 aliphatic rings. The van der Waals surface area contributed by atoms with E-state index in [2.05, 4.69) is 27.8 Å². The van der Waals surface area contributed by atoms with E-state index in [0.717, 1.165) is 19.3 Å². The number of carbonyl (C=O) groups excluding carboxylic acids is 5. The summed E-state index contributed by atoms with van der Waals surface area (Å²) in [4.78, 5) is 69.2. The molecule has 2 fully saturated rings. The van der Waals surface area contributed by atoms with Crippen LogP contribution in [0, 0.1) is 11.3 Å². The van der Waals surface area contributed by atoms with Gasteiger partial charge in [0.1, 0.15) is 16.4 Å². The third-order valence-corrected chi connectivity index (χ3v) is 13.0. The van der Waals surface area contributed by atoms with Crippen LogP contribution in [0.3, 0.4) is 0 Å². The fourth-order valence-electron chi connectivity index (χ4n) is 6.58. The number of amides is 5. The molecule has 0 spiro atoms. The summed E-state index contributed by atoms with van der Waals surface area (Å²) >= 11 is 13.2. The molecule has 3 unspecified atom stereocenters. The van der Waals surface area contributed by atoms with E-state index >= 15 is 0 Å². The zero-order valence-corrected chi connectivity index (χ0v) is 33.4. The SMILES string of the molecule is C=CCNC(=O)C(=O)C(CCCC)NC(=O)C1C(C(C)(Cl)Cl)CCN1C(=O)[C@@H](NC(=O)NC1(CS(=O)(=O)C(C)(C)C)CCCCC1)C(C)(C)C. The molecule has 0 bridgehead atoms. The van der Waals surface area contributed by atoms with Crippen molar-refractivity contribution in [1.82, 2.24) is 26.2 Å². The fourth-order valence-corrected chi connectivity index (χ4v) is 8.55. The summed E-state index contributed by atoms with van der Waals surface area (Å²) in [5.74, 6) is -3.91. The molecule has 1 heterocycles. The predicted molar refractivity (Wildman–Crippen MR) is 198 cm³/mol. The number of halogens is 2. The fraction of sp³-hybridized carbons (Fsp3) is 0.800. The maximum Gasteiger partial charge on any atom is 0.315 e. The molecule has 2 rings (SSSR count). The second-order valence-corrected chi connectivity index (χ2v) is 20.5. The Morgan fingerprint density at radius 1 is 0.980 bits per heavy atom. The van der Waals surface area contributed by atoms with Crippen LogP contribution in [0.1, 0.15) is 113 Å². The van der Waals surface area contributed by atoms with Crippen LogP contribution in [-0.4, -0.2) is 94.4 Å². The Kier molecular flexibility index (Phi) is 15.3. The molecule has 4 N–H and O–H groups in total. The standard InChI is InChI=1S/C35H59Cl2N5O7S/c1-10-12-16-24(26(43)29(45)38-20-11-2)39-28(44)25-23(34(9,36)37)17-21-42(25)30(46)27(32(3,4)5)40-31(47)41-35(18-14-13-15-19-35)22-50(48,49)33(6,7)8/h11,23-25,27H,2,10,12-22H2,1,3-9H3,(H,38,45)(H,39,44)(H2,40,41,47)/t23?,24?,25?,27-/m1/s1. The Hall–Kier alpha value is -2.38. The highest BCUT2D eigenvalue weighted by Crippen LogP contribution is 2.41. The summed E-state index contributed by atoms with van der Waals surface area (Å²) in [7, 11) is -3.60. The Labute approximate surface area is 308 Å². The normalized spacial score (nSPS) is 21.0. The van der Waals surface area contributed by atoms with Crippen molar-refractivity contribution in [2.75, 3.05) is 18.8 Å². The van der Waals surface area contributed by atoms with Gasteiger partial charge in [0, 0.05) is 19.0 Å². The zero-order valence-electron chi connectivity index (χ0n) is 31.0. The van der Waals surface area contributed by atoms with Gasteiger partial charge in [-0.05, 0) is 58.8 Å². The molecule has 12 nitrogen and oxygen atoms in total. The highest BCUT2D eigenvalue weighted by atomic mass is 35.5. The third kappa shape index (κ3) is 11.6. The lowest BCUT2D eigenvalue weighted by atomic mass is 9.83. The van der Waals surface area contributed by atoms with Crippen molar-refractivity contribution >= 4 is 62.6 Å². The topological polar surface area (TPSA) is 171 Å². The first kappa shape index (κ1) is 43.8. The van der Waals surface area contributed by atoms with Crippen LogP contribution < -0.4 is 21.3 Å². The maximum absolute atomic E-state index is 14.4. The minimum atomic E-state index is -3.60. The minimum Gasteiger partial charge on any atom is -0.346 e. The molecule has 0 aromatic rings. The number of nitrogens with zero attached hydrogens (tertiary/aromatic N) is 1. The van der Waals surface area contributed by atoms with Crippen molar-refractivity contribution in [3.63, 3.8) is 0 Å². The van der Waals surface area contributed by atoms with Gasteiger partial charge in [0.05, 0.1) is 22.1 Å². The van der Waals surface area contributed by atoms with Gasteiger partial charge in [-0.1, -0.05) is 65.9 Å². The van der Waals surface area contributed by atoms with Crippen LogP contribution in [0.15, 0.2) is 12.7 Å². The summed E-state index contributed by atoms with van der Waals surface area (Å²) in [5, 5.41) is 10.9. The lowest BCUT2D eigenvalue weighted by molar-refractivity contribution is -0.144. The molecular formula is C35H59Cl2N5O7S. The number of nitrogens with one attached hydrogen (secondary N) is 4. The van der Waals surface area contributed by atoms with Crippen LogP contribution in [0.5, 0.6) is 0 Å². The van der Waals surface area contributed by atoms with Crippen molar-refractivity contribution in [2.24, 2.45) is 11.3 Å². The van der Waals surface area contributed by atoms with Gasteiger partial charge in [-0.3, -0.25) is 19.2 Å². The van der Waals surface area contributed by atoms with E-state index in [1.165, 1.54) is 17.9 Å². The molecule has 1 saturated heterocycles. The molecule has 1 aliphatic carbocycles. The van der Waals surface area contributed by atoms with E-state index in [9.17, 15) is 32.4 Å². The average molecular weight is 765 g/mol. The highest BCUT2D eigenvalue weighted by molar-refractivity contribution is 7.92. The molecule has 0 aromatic carbocycles. The van der Waals surface area contributed by atoms with Crippen LogP contribution >= 0.6 is 23.2 Å². The van der Waals surface area contributed by atoms with E-state index in [-0.39, 0.29) is 31.7 Å². The first-order chi connectivity index (χ1) is 22.9. The molecule has 1 aliphatic heterocycles. The van der Waals surface area contributed by atoms with Crippen molar-refractivity contribution < 1.29 is 32.4 Å². The summed E-state index contributed by atoms with van der Waals surface area (Å²) in [6.07, 6.45) is 6.53. The third-order valence-electron chi connectivity index (χ3n) is 9.69. The zero-order chi connectivity index (χ0) is 38.3. The van der Waals surface area contributed by atoms with E-state index in [1.807, 2.05) is 6.92 Å². The monoisotopic (exact) mass is 763 g/mol. The maximum atomic E-state index is 14.4. The largest absolute Gasteiger partial charge is 0.346 e. The summed E-state index contributed by atoms with van der Waals surface area (Å²) in [5.41, 5.74) is -1.85. The van der Waals surface area contributed by atoms with Gasteiger partial charge in [0.2, 0.25) is 17.6 Å². The van der Waals surface area contributed by atoms with Gasteiger partial charge in [0.25, 0.3) is 5.91 Å². The smallest absolute Gasteiger partial charge is 0.315 e. The molecule has 1 saturated carbocycles. The van der Waals surface area contributed by atoms with Gasteiger partial charge >= 0.3 is 6.03 Å². The molecule has 286 valence electrons. The number of likely N-dealkylation sites (tertiary alicyclic amines) is 1. The Bertz CT molecular complexity index is 1360. The number of hydrogen-bond acceptors (Lipinski definition) is 7. The van der Waals surface area contributed by atoms with Gasteiger partial charge in [0.15, 0.2) is 9.84 Å². The Balaban J connectivity index is 2.43. The Morgan fingerprint density at radius 3 is 2.08 bits per heavy atom. The van der Waals surface area contributed by atoms with Gasteiger partial charge < -0.3 is 26.2 Å². The lowest BCUT2D eigenvalue weighted by Crippen LogP contribution is -2.64. The number of sulfone groups is 1. The lowest BCUT2D eigenvalue weighted by Gasteiger charge is -2.41. The average Bonchev–Trinajstić information content (AvgIpc) is 3.45. The summed E-state index contributed by atoms with van der Waals surface area (Å²) < 4.78 is 24.1. The number of unbranched alkanes of at least 4 members (excludes halogenated alkanes) is 1. The second kappa shape index (κ2) is 17.4.